The third-order valence-electron chi connectivity index (χ3n) is 8.36. The van der Waals surface area contributed by atoms with Crippen molar-refractivity contribution in [3.63, 3.8) is 0 Å². The molecule has 1 saturated carbocycles. The number of fused-ring (bicyclic) bond motifs is 1. The first kappa shape index (κ1) is 26.8. The quantitative estimate of drug-likeness (QED) is 0.282. The molecule has 2 aliphatic rings. The van der Waals surface area contributed by atoms with Crippen LogP contribution < -0.4 is 10.7 Å². The number of nitrogens with zero attached hydrogens (tertiary/aromatic N) is 7. The molecule has 1 aliphatic heterocycles. The van der Waals surface area contributed by atoms with Crippen LogP contribution in [0.15, 0.2) is 58.2 Å². The summed E-state index contributed by atoms with van der Waals surface area (Å²) in [6.07, 6.45) is 9.90. The van der Waals surface area contributed by atoms with Crippen molar-refractivity contribution in [2.45, 2.75) is 45.2 Å². The number of aromatic amines is 1. The molecule has 5 aromatic heterocycles. The molecule has 0 radical (unpaired) electrons. The van der Waals surface area contributed by atoms with Crippen LogP contribution in [0, 0.1) is 11.8 Å². The van der Waals surface area contributed by atoms with Crippen molar-refractivity contribution >= 4 is 28.6 Å². The molecule has 5 aromatic rings. The molecule has 1 saturated heterocycles. The second kappa shape index (κ2) is 11.3. The highest BCUT2D eigenvalue weighted by atomic mass is 35.5. The first-order valence-electron chi connectivity index (χ1n) is 14.4. The van der Waals surface area contributed by atoms with Crippen LogP contribution in [0.1, 0.15) is 44.3 Å². The summed E-state index contributed by atoms with van der Waals surface area (Å²) in [6, 6.07) is 9.55. The average molecular weight is 587 g/mol. The lowest BCUT2D eigenvalue weighted by molar-refractivity contribution is 0.0916. The number of H-pyrrole nitrogens is 1. The van der Waals surface area contributed by atoms with Gasteiger partial charge in [-0.3, -0.25) is 19.5 Å². The summed E-state index contributed by atoms with van der Waals surface area (Å²) in [5, 5.41) is 4.40. The summed E-state index contributed by atoms with van der Waals surface area (Å²) >= 11 is 6.41. The van der Waals surface area contributed by atoms with E-state index in [1.54, 1.807) is 12.4 Å². The first-order chi connectivity index (χ1) is 20.5. The zero-order valence-electron chi connectivity index (χ0n) is 23.2. The van der Waals surface area contributed by atoms with E-state index in [1.165, 1.54) is 12.8 Å². The maximum Gasteiger partial charge on any atom is 0.439 e. The van der Waals surface area contributed by atoms with Gasteiger partial charge in [-0.2, -0.15) is 0 Å². The number of anilines is 1. The summed E-state index contributed by atoms with van der Waals surface area (Å²) in [4.78, 5) is 36.0. The molecule has 216 valence electrons. The summed E-state index contributed by atoms with van der Waals surface area (Å²) in [5.41, 5.74) is 4.38. The Labute approximate surface area is 246 Å². The Morgan fingerprint density at radius 1 is 1.12 bits per heavy atom. The number of imidazole rings is 1. The van der Waals surface area contributed by atoms with Crippen LogP contribution in [0.2, 0.25) is 5.02 Å². The summed E-state index contributed by atoms with van der Waals surface area (Å²) in [6.45, 7) is 4.90. The van der Waals surface area contributed by atoms with Crippen molar-refractivity contribution in [3.8, 4) is 22.8 Å². The lowest BCUT2D eigenvalue weighted by Gasteiger charge is -2.37. The van der Waals surface area contributed by atoms with Gasteiger partial charge in [0.05, 0.1) is 46.7 Å². The van der Waals surface area contributed by atoms with E-state index in [-0.39, 0.29) is 11.9 Å². The highest BCUT2D eigenvalue weighted by Crippen LogP contribution is 2.39. The molecular weight excluding hydrogens is 556 g/mol. The summed E-state index contributed by atoms with van der Waals surface area (Å²) in [5.74, 6) is 1.67. The smallest absolute Gasteiger partial charge is 0.377 e. The predicted octanol–water partition coefficient (Wildman–Crippen LogP) is 5.29. The fourth-order valence-electron chi connectivity index (χ4n) is 6.17. The van der Waals surface area contributed by atoms with Crippen LogP contribution in [0.5, 0.6) is 0 Å². The number of morpholine rings is 1. The number of hydrogen-bond donors (Lipinski definition) is 1. The van der Waals surface area contributed by atoms with Crippen molar-refractivity contribution in [3.05, 3.63) is 70.2 Å². The minimum absolute atomic E-state index is 0.0995. The van der Waals surface area contributed by atoms with Gasteiger partial charge in [0.1, 0.15) is 5.69 Å². The summed E-state index contributed by atoms with van der Waals surface area (Å²) < 4.78 is 13.1. The maximum atomic E-state index is 11.8. The van der Waals surface area contributed by atoms with Gasteiger partial charge >= 0.3 is 5.76 Å². The van der Waals surface area contributed by atoms with Crippen molar-refractivity contribution in [2.24, 2.45) is 11.8 Å². The molecule has 0 amide bonds. The van der Waals surface area contributed by atoms with Crippen LogP contribution in [0.4, 0.5) is 5.95 Å². The number of pyridine rings is 3. The lowest BCUT2D eigenvalue weighted by Crippen LogP contribution is -2.41. The van der Waals surface area contributed by atoms with E-state index < -0.39 is 5.76 Å². The van der Waals surface area contributed by atoms with E-state index in [9.17, 15) is 4.79 Å². The SMILES string of the molecule is C[C@H]1CC[C@H](Cn2c(N3CCOC[C@H]3c3ccccn3)nc3cc(-c4noc(=O)[nH]4)nc(-c4cncc(Cl)c4)c32)CC1. The van der Waals surface area contributed by atoms with Crippen LogP contribution >= 0.6 is 11.6 Å². The molecular formula is C30H31ClN8O3. The fraction of sp³-hybridized carbons (Fsp3) is 0.400. The number of hydrogen-bond acceptors (Lipinski definition) is 9. The topological polar surface area (TPSA) is 128 Å². The molecule has 12 heteroatoms. The Hall–Kier alpha value is -4.09. The van der Waals surface area contributed by atoms with E-state index in [4.69, 9.17) is 30.8 Å². The van der Waals surface area contributed by atoms with Crippen molar-refractivity contribution < 1.29 is 9.26 Å². The minimum Gasteiger partial charge on any atom is -0.377 e. The molecule has 42 heavy (non-hydrogen) atoms. The number of ether oxygens (including phenoxy) is 1. The van der Waals surface area contributed by atoms with Crippen molar-refractivity contribution in [2.75, 3.05) is 24.7 Å². The fourth-order valence-corrected chi connectivity index (χ4v) is 6.35. The standard InChI is InChI=1S/C30H31ClN8O3/c1-18-5-7-19(8-6-18)16-39-27-23(35-29(39)38-10-11-41-17-25(38)22-4-2-3-9-33-22)13-24(28-36-30(40)42-37-28)34-26(27)20-12-21(31)15-32-14-20/h2-4,9,12-15,18-19,25H,5-8,10-11,16-17H2,1H3,(H,36,37,40)/t18-,19-,25-/m0/s1. The zero-order chi connectivity index (χ0) is 28.6. The first-order valence-corrected chi connectivity index (χ1v) is 14.7. The van der Waals surface area contributed by atoms with E-state index in [0.29, 0.717) is 42.1 Å². The second-order valence-corrected chi connectivity index (χ2v) is 11.7. The molecule has 0 spiro atoms. The van der Waals surface area contributed by atoms with Gasteiger partial charge in [-0.1, -0.05) is 42.6 Å². The third kappa shape index (κ3) is 5.18. The zero-order valence-corrected chi connectivity index (χ0v) is 24.0. The monoisotopic (exact) mass is 586 g/mol. The van der Waals surface area contributed by atoms with Crippen molar-refractivity contribution in [1.29, 1.82) is 0 Å². The minimum atomic E-state index is -0.651. The molecule has 11 nitrogen and oxygen atoms in total. The van der Waals surface area contributed by atoms with Crippen molar-refractivity contribution in [1.82, 2.24) is 34.6 Å². The van der Waals surface area contributed by atoms with Gasteiger partial charge in [0, 0.05) is 37.2 Å². The Balaban J connectivity index is 1.45. The normalized spacial score (nSPS) is 21.2. The van der Waals surface area contributed by atoms with E-state index in [2.05, 4.69) is 36.5 Å². The lowest BCUT2D eigenvalue weighted by atomic mass is 9.83. The number of nitrogens with one attached hydrogen (secondary N) is 1. The number of rotatable bonds is 6. The molecule has 1 N–H and O–H groups in total. The molecule has 6 heterocycles. The van der Waals surface area contributed by atoms with Gasteiger partial charge in [-0.15, -0.1) is 0 Å². The Kier molecular flexibility index (Phi) is 7.20. The maximum absolute atomic E-state index is 11.8. The van der Waals surface area contributed by atoms with Gasteiger partial charge in [0.25, 0.3) is 0 Å². The third-order valence-corrected chi connectivity index (χ3v) is 8.56. The average Bonchev–Trinajstić information content (AvgIpc) is 3.62. The molecule has 2 fully saturated rings. The van der Waals surface area contributed by atoms with E-state index in [0.717, 1.165) is 53.5 Å². The van der Waals surface area contributed by atoms with Gasteiger partial charge in [0.2, 0.25) is 11.8 Å². The van der Waals surface area contributed by atoms with Gasteiger partial charge in [-0.25, -0.2) is 14.8 Å². The van der Waals surface area contributed by atoms with Crippen LogP contribution in [0.25, 0.3) is 33.8 Å². The molecule has 0 aromatic carbocycles. The van der Waals surface area contributed by atoms with E-state index in [1.807, 2.05) is 36.5 Å². The van der Waals surface area contributed by atoms with Gasteiger partial charge in [0.15, 0.2) is 0 Å². The number of halogens is 1. The highest BCUT2D eigenvalue weighted by Gasteiger charge is 2.32. The van der Waals surface area contributed by atoms with Crippen LogP contribution in [-0.2, 0) is 11.3 Å². The second-order valence-electron chi connectivity index (χ2n) is 11.2. The molecule has 1 atom stereocenters. The molecule has 0 bridgehead atoms. The Morgan fingerprint density at radius 3 is 2.76 bits per heavy atom. The molecule has 7 rings (SSSR count). The largest absolute Gasteiger partial charge is 0.439 e. The van der Waals surface area contributed by atoms with Crippen LogP contribution in [-0.4, -0.2) is 54.4 Å². The molecule has 1 aliphatic carbocycles. The summed E-state index contributed by atoms with van der Waals surface area (Å²) in [7, 11) is 0. The Morgan fingerprint density at radius 2 is 2.00 bits per heavy atom. The Bertz CT molecular complexity index is 1760. The number of aromatic nitrogens is 7. The van der Waals surface area contributed by atoms with Gasteiger partial charge in [-0.05, 0) is 48.9 Å². The predicted molar refractivity (Wildman–Crippen MR) is 158 cm³/mol. The van der Waals surface area contributed by atoms with Gasteiger partial charge < -0.3 is 14.2 Å². The highest BCUT2D eigenvalue weighted by molar-refractivity contribution is 6.30. The molecule has 0 unspecified atom stereocenters. The van der Waals surface area contributed by atoms with E-state index >= 15 is 0 Å². The van der Waals surface area contributed by atoms with Crippen LogP contribution in [0.3, 0.4) is 0 Å².